The van der Waals surface area contributed by atoms with Crippen molar-refractivity contribution in [1.82, 2.24) is 24.7 Å². The van der Waals surface area contributed by atoms with Crippen molar-refractivity contribution >= 4 is 10.0 Å². The highest BCUT2D eigenvalue weighted by molar-refractivity contribution is 7.89. The minimum absolute atomic E-state index is 0.189. The summed E-state index contributed by atoms with van der Waals surface area (Å²) in [4.78, 5) is 0.216. The molecule has 0 aromatic carbocycles. The van der Waals surface area contributed by atoms with E-state index in [2.05, 4.69) is 20.4 Å². The van der Waals surface area contributed by atoms with Gasteiger partial charge in [-0.1, -0.05) is 0 Å². The summed E-state index contributed by atoms with van der Waals surface area (Å²) in [6.07, 6.45) is 5.22. The van der Waals surface area contributed by atoms with Crippen molar-refractivity contribution in [2.24, 2.45) is 0 Å². The number of sulfonamides is 1. The first-order valence-corrected chi connectivity index (χ1v) is 7.10. The standard InChI is InChI=1S/C10H13N5O2S/c16-18(17,9-5-12-13-6-9)15-4-2-8(7-15)10-1-3-11-14-10/h1,3,5-6,8H,2,4,7H2,(H,11,14)(H,12,13)/t8-/m0/s1. The van der Waals surface area contributed by atoms with Gasteiger partial charge in [-0.05, 0) is 12.5 Å². The van der Waals surface area contributed by atoms with Crippen LogP contribution >= 0.6 is 0 Å². The van der Waals surface area contributed by atoms with Gasteiger partial charge in [-0.15, -0.1) is 0 Å². The van der Waals surface area contributed by atoms with Gasteiger partial charge in [0, 0.05) is 37.1 Å². The van der Waals surface area contributed by atoms with Crippen LogP contribution in [0.1, 0.15) is 18.0 Å². The van der Waals surface area contributed by atoms with E-state index in [1.54, 1.807) is 6.20 Å². The number of nitrogens with zero attached hydrogens (tertiary/aromatic N) is 3. The molecule has 96 valence electrons. The van der Waals surface area contributed by atoms with Crippen LogP contribution in [-0.4, -0.2) is 46.2 Å². The van der Waals surface area contributed by atoms with Crippen molar-refractivity contribution in [2.45, 2.75) is 17.2 Å². The maximum atomic E-state index is 12.3. The maximum Gasteiger partial charge on any atom is 0.246 e. The van der Waals surface area contributed by atoms with Gasteiger partial charge in [-0.25, -0.2) is 8.42 Å². The van der Waals surface area contributed by atoms with Crippen LogP contribution < -0.4 is 0 Å². The molecule has 0 unspecified atom stereocenters. The van der Waals surface area contributed by atoms with E-state index in [1.807, 2.05) is 6.07 Å². The first-order chi connectivity index (χ1) is 8.68. The highest BCUT2D eigenvalue weighted by Crippen LogP contribution is 2.29. The smallest absolute Gasteiger partial charge is 0.246 e. The second kappa shape index (κ2) is 4.21. The summed E-state index contributed by atoms with van der Waals surface area (Å²) >= 11 is 0. The van der Waals surface area contributed by atoms with Gasteiger partial charge in [-0.3, -0.25) is 10.2 Å². The molecule has 0 bridgehead atoms. The highest BCUT2D eigenvalue weighted by Gasteiger charge is 2.34. The van der Waals surface area contributed by atoms with Crippen LogP contribution in [-0.2, 0) is 10.0 Å². The lowest BCUT2D eigenvalue weighted by Crippen LogP contribution is -2.28. The molecule has 2 aromatic heterocycles. The summed E-state index contributed by atoms with van der Waals surface area (Å²) in [5, 5.41) is 13.0. The number of aromatic nitrogens is 4. The quantitative estimate of drug-likeness (QED) is 0.836. The molecule has 0 spiro atoms. The molecule has 1 fully saturated rings. The second-order valence-electron chi connectivity index (χ2n) is 4.29. The molecule has 3 heterocycles. The van der Waals surface area contributed by atoms with E-state index in [0.29, 0.717) is 13.1 Å². The molecule has 1 saturated heterocycles. The van der Waals surface area contributed by atoms with Crippen molar-refractivity contribution in [3.05, 3.63) is 30.4 Å². The minimum atomic E-state index is -3.41. The number of aromatic amines is 2. The van der Waals surface area contributed by atoms with Crippen LogP contribution in [0.25, 0.3) is 0 Å². The molecule has 18 heavy (non-hydrogen) atoms. The van der Waals surface area contributed by atoms with Crippen LogP contribution in [0.15, 0.2) is 29.6 Å². The first kappa shape index (κ1) is 11.4. The molecule has 2 aromatic rings. The van der Waals surface area contributed by atoms with Gasteiger partial charge in [0.25, 0.3) is 0 Å². The Morgan fingerprint density at radius 1 is 1.39 bits per heavy atom. The Kier molecular flexibility index (Phi) is 2.67. The molecule has 1 aliphatic heterocycles. The fourth-order valence-electron chi connectivity index (χ4n) is 2.22. The summed E-state index contributed by atoms with van der Waals surface area (Å²) in [6.45, 7) is 1.01. The lowest BCUT2D eigenvalue weighted by Gasteiger charge is -2.14. The molecule has 0 saturated carbocycles. The monoisotopic (exact) mass is 267 g/mol. The Morgan fingerprint density at radius 2 is 2.28 bits per heavy atom. The third-order valence-corrected chi connectivity index (χ3v) is 5.05. The van der Waals surface area contributed by atoms with Crippen LogP contribution in [0.3, 0.4) is 0 Å². The fourth-order valence-corrected chi connectivity index (χ4v) is 3.63. The summed E-state index contributed by atoms with van der Waals surface area (Å²) < 4.78 is 26.0. The zero-order valence-electron chi connectivity index (χ0n) is 9.57. The predicted octanol–water partition coefficient (Wildman–Crippen LogP) is 0.311. The zero-order valence-corrected chi connectivity index (χ0v) is 10.4. The normalized spacial score (nSPS) is 21.4. The van der Waals surface area contributed by atoms with E-state index in [1.165, 1.54) is 16.7 Å². The maximum absolute atomic E-state index is 12.3. The van der Waals surface area contributed by atoms with Crippen LogP contribution in [0.2, 0.25) is 0 Å². The summed E-state index contributed by atoms with van der Waals surface area (Å²) in [5.74, 6) is 0.189. The molecule has 3 rings (SSSR count). The van der Waals surface area contributed by atoms with Gasteiger partial charge in [-0.2, -0.15) is 14.5 Å². The zero-order chi connectivity index (χ0) is 12.6. The van der Waals surface area contributed by atoms with Gasteiger partial charge in [0.15, 0.2) is 0 Å². The van der Waals surface area contributed by atoms with Crippen LogP contribution in [0, 0.1) is 0 Å². The van der Waals surface area contributed by atoms with Gasteiger partial charge in [0.1, 0.15) is 4.90 Å². The van der Waals surface area contributed by atoms with E-state index >= 15 is 0 Å². The van der Waals surface area contributed by atoms with Crippen molar-refractivity contribution in [1.29, 1.82) is 0 Å². The summed E-state index contributed by atoms with van der Waals surface area (Å²) in [7, 11) is -3.41. The van der Waals surface area contributed by atoms with E-state index < -0.39 is 10.0 Å². The lowest BCUT2D eigenvalue weighted by atomic mass is 10.1. The Hall–Kier alpha value is -1.67. The molecular weight excluding hydrogens is 254 g/mol. The third kappa shape index (κ3) is 1.83. The predicted molar refractivity (Wildman–Crippen MR) is 63.3 cm³/mol. The Labute approximate surface area is 104 Å². The molecule has 0 aliphatic carbocycles. The largest absolute Gasteiger partial charge is 0.284 e. The minimum Gasteiger partial charge on any atom is -0.284 e. The molecule has 2 N–H and O–H groups in total. The van der Waals surface area contributed by atoms with Gasteiger partial charge in [0.2, 0.25) is 10.0 Å². The third-order valence-electron chi connectivity index (χ3n) is 3.22. The molecule has 7 nitrogen and oxygen atoms in total. The van der Waals surface area contributed by atoms with Crippen molar-refractivity contribution in [3.63, 3.8) is 0 Å². The van der Waals surface area contributed by atoms with E-state index in [-0.39, 0.29) is 10.8 Å². The van der Waals surface area contributed by atoms with Gasteiger partial charge in [0.05, 0.1) is 6.20 Å². The van der Waals surface area contributed by atoms with Gasteiger partial charge < -0.3 is 0 Å². The Morgan fingerprint density at radius 3 is 2.94 bits per heavy atom. The second-order valence-corrected chi connectivity index (χ2v) is 6.23. The number of H-pyrrole nitrogens is 2. The molecule has 1 aliphatic rings. The lowest BCUT2D eigenvalue weighted by molar-refractivity contribution is 0.472. The molecule has 0 radical (unpaired) electrons. The molecule has 0 amide bonds. The number of hydrogen-bond acceptors (Lipinski definition) is 4. The molecular formula is C10H13N5O2S. The SMILES string of the molecule is O=S(=O)(c1cn[nH]c1)N1CC[C@H](c2ccn[nH]2)C1. The highest BCUT2D eigenvalue weighted by atomic mass is 32.2. The average Bonchev–Trinajstić information content (AvgIpc) is 3.12. The number of nitrogens with one attached hydrogen (secondary N) is 2. The first-order valence-electron chi connectivity index (χ1n) is 5.66. The van der Waals surface area contributed by atoms with E-state index in [0.717, 1.165) is 12.1 Å². The fraction of sp³-hybridized carbons (Fsp3) is 0.400. The summed E-state index contributed by atoms with van der Waals surface area (Å²) in [6, 6.07) is 1.89. The summed E-state index contributed by atoms with van der Waals surface area (Å²) in [5.41, 5.74) is 0.986. The number of hydrogen-bond donors (Lipinski definition) is 2. The van der Waals surface area contributed by atoms with E-state index in [9.17, 15) is 8.42 Å². The Bertz CT molecular complexity index is 605. The Balaban J connectivity index is 1.80. The van der Waals surface area contributed by atoms with Crippen molar-refractivity contribution in [3.8, 4) is 0 Å². The van der Waals surface area contributed by atoms with Crippen molar-refractivity contribution < 1.29 is 8.42 Å². The van der Waals surface area contributed by atoms with E-state index in [4.69, 9.17) is 0 Å². The molecule has 1 atom stereocenters. The average molecular weight is 267 g/mol. The topological polar surface area (TPSA) is 94.7 Å². The van der Waals surface area contributed by atoms with Gasteiger partial charge >= 0.3 is 0 Å². The molecule has 8 heteroatoms. The van der Waals surface area contributed by atoms with Crippen LogP contribution in [0.5, 0.6) is 0 Å². The van der Waals surface area contributed by atoms with Crippen LogP contribution in [0.4, 0.5) is 0 Å². The van der Waals surface area contributed by atoms with Crippen molar-refractivity contribution in [2.75, 3.05) is 13.1 Å². The number of rotatable bonds is 3.